The van der Waals surface area contributed by atoms with Gasteiger partial charge in [-0.1, -0.05) is 85.2 Å². The third kappa shape index (κ3) is 5.76. The quantitative estimate of drug-likeness (QED) is 0.198. The first kappa shape index (κ1) is 30.4. The van der Waals surface area contributed by atoms with Crippen LogP contribution in [0.4, 0.5) is 8.63 Å². The average Bonchev–Trinajstić information content (AvgIpc) is 2.78. The number of hydrogen-bond acceptors (Lipinski definition) is 2. The van der Waals surface area contributed by atoms with Crippen molar-refractivity contribution in [3.8, 4) is 0 Å². The van der Waals surface area contributed by atoms with Crippen LogP contribution in [-0.4, -0.2) is 20.0 Å². The van der Waals surface area contributed by atoms with Gasteiger partial charge in [0.25, 0.3) is 0 Å². The SMILES string of the molecule is CC(=O)/C(=C(/C)OB(F)F)c1c(C)c(C)c(B(c2c(C)cc(C)cc2C)c2c(C)cc(C)cc2C)c(C)c1C. The molecule has 0 saturated heterocycles. The van der Waals surface area contributed by atoms with Crippen LogP contribution in [0.2, 0.25) is 0 Å². The monoisotopic (exact) mass is 528 g/mol. The number of aryl methyl sites for hydroxylation is 6. The smallest absolute Gasteiger partial charge is 0.508 e. The van der Waals surface area contributed by atoms with Crippen molar-refractivity contribution in [3.05, 3.63) is 91.2 Å². The highest BCUT2D eigenvalue weighted by molar-refractivity contribution is 6.97. The summed E-state index contributed by atoms with van der Waals surface area (Å²) < 4.78 is 31.1. The van der Waals surface area contributed by atoms with Gasteiger partial charge >= 0.3 is 7.47 Å². The lowest BCUT2D eigenvalue weighted by Gasteiger charge is -2.30. The maximum absolute atomic E-state index is 13.2. The molecule has 6 heteroatoms. The number of benzene rings is 3. The minimum absolute atomic E-state index is 0.0270. The van der Waals surface area contributed by atoms with Gasteiger partial charge in [-0.25, -0.2) is 8.63 Å². The van der Waals surface area contributed by atoms with Crippen molar-refractivity contribution in [3.63, 3.8) is 0 Å². The summed E-state index contributed by atoms with van der Waals surface area (Å²) in [5.74, 6) is -0.347. The molecule has 3 aromatic carbocycles. The Morgan fingerprint density at radius 1 is 0.615 bits per heavy atom. The molecule has 0 N–H and O–H groups in total. The molecule has 0 unspecified atom stereocenters. The average molecular weight is 528 g/mol. The molecule has 0 aliphatic heterocycles. The minimum atomic E-state index is -2.99. The van der Waals surface area contributed by atoms with Crippen LogP contribution < -0.4 is 16.4 Å². The Bertz CT molecular complexity index is 1370. The van der Waals surface area contributed by atoms with Crippen molar-refractivity contribution in [2.75, 3.05) is 0 Å². The van der Waals surface area contributed by atoms with E-state index in [1.54, 1.807) is 0 Å². The first-order valence-electron chi connectivity index (χ1n) is 13.5. The molecule has 0 aromatic heterocycles. The van der Waals surface area contributed by atoms with E-state index < -0.39 is 7.47 Å². The molecule has 2 nitrogen and oxygen atoms in total. The highest BCUT2D eigenvalue weighted by Gasteiger charge is 2.34. The van der Waals surface area contributed by atoms with E-state index in [-0.39, 0.29) is 23.8 Å². The molecule has 0 aliphatic carbocycles. The van der Waals surface area contributed by atoms with E-state index in [0.717, 1.165) is 22.3 Å². The minimum Gasteiger partial charge on any atom is -0.508 e. The molecule has 0 aliphatic rings. The molecule has 0 bridgehead atoms. The number of rotatable bonds is 7. The van der Waals surface area contributed by atoms with Crippen LogP contribution in [-0.2, 0) is 9.45 Å². The first-order chi connectivity index (χ1) is 18.1. The van der Waals surface area contributed by atoms with Gasteiger partial charge in [-0.3, -0.25) is 4.79 Å². The van der Waals surface area contributed by atoms with E-state index in [1.165, 1.54) is 63.6 Å². The summed E-state index contributed by atoms with van der Waals surface area (Å²) in [4.78, 5) is 12.8. The van der Waals surface area contributed by atoms with Crippen molar-refractivity contribution in [1.82, 2.24) is 0 Å². The Labute approximate surface area is 234 Å². The predicted molar refractivity (Wildman–Crippen MR) is 164 cm³/mol. The van der Waals surface area contributed by atoms with Crippen LogP contribution in [0, 0.1) is 69.2 Å². The molecule has 3 aromatic rings. The molecule has 0 atom stereocenters. The van der Waals surface area contributed by atoms with E-state index in [1.807, 2.05) is 13.8 Å². The third-order valence-corrected chi connectivity index (χ3v) is 8.25. The molecule has 204 valence electrons. The number of carbonyl (C=O) groups excluding carboxylic acids is 1. The van der Waals surface area contributed by atoms with Gasteiger partial charge < -0.3 is 4.65 Å². The zero-order valence-corrected chi connectivity index (χ0v) is 25.5. The zero-order chi connectivity index (χ0) is 29.5. The molecule has 0 heterocycles. The van der Waals surface area contributed by atoms with Gasteiger partial charge in [0.15, 0.2) is 5.78 Å². The van der Waals surface area contributed by atoms with Gasteiger partial charge in [0, 0.05) is 0 Å². The molecule has 0 fully saturated rings. The van der Waals surface area contributed by atoms with Gasteiger partial charge in [0.05, 0.1) is 11.3 Å². The van der Waals surface area contributed by atoms with Crippen LogP contribution in [0.5, 0.6) is 0 Å². The molecule has 3 rings (SSSR count). The second kappa shape index (κ2) is 11.5. The van der Waals surface area contributed by atoms with E-state index in [9.17, 15) is 13.4 Å². The number of ketones is 1. The van der Waals surface area contributed by atoms with Gasteiger partial charge in [-0.2, -0.15) is 0 Å². The van der Waals surface area contributed by atoms with Crippen LogP contribution in [0.15, 0.2) is 30.0 Å². The second-order valence-corrected chi connectivity index (χ2v) is 11.2. The summed E-state index contributed by atoms with van der Waals surface area (Å²) in [6.45, 7) is 24.0. The lowest BCUT2D eigenvalue weighted by molar-refractivity contribution is -0.111. The summed E-state index contributed by atoms with van der Waals surface area (Å²) in [6, 6.07) is 8.98. The lowest BCUT2D eigenvalue weighted by Crippen LogP contribution is -2.58. The zero-order valence-electron chi connectivity index (χ0n) is 25.5. The molecular weight excluding hydrogens is 488 g/mol. The summed E-state index contributed by atoms with van der Waals surface area (Å²) in [5, 5.41) is 0. The first-order valence-corrected chi connectivity index (χ1v) is 13.5. The van der Waals surface area contributed by atoms with Gasteiger partial charge in [-0.05, 0) is 99.8 Å². The number of carbonyl (C=O) groups is 1. The fraction of sp³-hybridized carbons (Fsp3) is 0.364. The van der Waals surface area contributed by atoms with E-state index >= 15 is 0 Å². The summed E-state index contributed by atoms with van der Waals surface area (Å²) in [6.07, 6.45) is 0. The lowest BCUT2D eigenvalue weighted by atomic mass is 9.32. The highest BCUT2D eigenvalue weighted by Crippen LogP contribution is 2.31. The molecule has 39 heavy (non-hydrogen) atoms. The molecular formula is C33H40B2F2O2. The molecule has 0 saturated carbocycles. The normalized spacial score (nSPS) is 11.8. The molecule has 0 spiro atoms. The number of Topliss-reactive ketones (excluding diaryl/α,β-unsaturated/α-hetero) is 1. The van der Waals surface area contributed by atoms with Crippen LogP contribution >= 0.6 is 0 Å². The maximum Gasteiger partial charge on any atom is 0.796 e. The van der Waals surface area contributed by atoms with Gasteiger partial charge in [-0.15, -0.1) is 0 Å². The Morgan fingerprint density at radius 2 is 0.974 bits per heavy atom. The number of hydrogen-bond donors (Lipinski definition) is 0. The van der Waals surface area contributed by atoms with Crippen LogP contribution in [0.1, 0.15) is 75.0 Å². The predicted octanol–water partition coefficient (Wildman–Crippen LogP) is 6.55. The van der Waals surface area contributed by atoms with Crippen molar-refractivity contribution in [2.24, 2.45) is 0 Å². The largest absolute Gasteiger partial charge is 0.796 e. The number of halogens is 2. The maximum atomic E-state index is 13.2. The highest BCUT2D eigenvalue weighted by atomic mass is 19.2. The topological polar surface area (TPSA) is 26.3 Å². The fourth-order valence-corrected chi connectivity index (χ4v) is 6.67. The standard InChI is InChI=1S/C33H40B2F2O2/c1-17-13-19(3)31(20(4)14-17)34(32-21(5)15-18(2)16-22(32)6)33-25(9)23(7)29(24(8)26(33)10)30(27(11)38)28(12)39-35(36)37/h13-16H,1-12H3/b30-28+. The third-order valence-electron chi connectivity index (χ3n) is 8.25. The Morgan fingerprint density at radius 3 is 1.28 bits per heavy atom. The van der Waals surface area contributed by atoms with E-state index in [4.69, 9.17) is 4.65 Å². The van der Waals surface area contributed by atoms with Crippen molar-refractivity contribution >= 4 is 41.9 Å². The van der Waals surface area contributed by atoms with Crippen molar-refractivity contribution in [1.29, 1.82) is 0 Å². The van der Waals surface area contributed by atoms with Crippen LogP contribution in [0.25, 0.3) is 5.57 Å². The van der Waals surface area contributed by atoms with Crippen molar-refractivity contribution < 1.29 is 18.1 Å². The molecule has 0 radical (unpaired) electrons. The van der Waals surface area contributed by atoms with E-state index in [2.05, 4.69) is 79.7 Å². The van der Waals surface area contributed by atoms with Gasteiger partial charge in [0.2, 0.25) is 6.71 Å². The number of allylic oxidation sites excluding steroid dienone is 2. The van der Waals surface area contributed by atoms with Gasteiger partial charge in [0.1, 0.15) is 0 Å². The van der Waals surface area contributed by atoms with Crippen molar-refractivity contribution in [2.45, 2.75) is 83.1 Å². The van der Waals surface area contributed by atoms with E-state index in [0.29, 0.717) is 5.56 Å². The Balaban J connectivity index is 2.53. The molecule has 0 amide bonds. The second-order valence-electron chi connectivity index (χ2n) is 11.2. The summed E-state index contributed by atoms with van der Waals surface area (Å²) >= 11 is 0. The van der Waals surface area contributed by atoms with Crippen LogP contribution in [0.3, 0.4) is 0 Å². The summed E-state index contributed by atoms with van der Waals surface area (Å²) in [5.41, 5.74) is 16.0. The fourth-order valence-electron chi connectivity index (χ4n) is 6.67. The Kier molecular flexibility index (Phi) is 8.99. The Hall–Kier alpha value is -3.14. The summed E-state index contributed by atoms with van der Waals surface area (Å²) in [7, 11) is -2.99.